The summed E-state index contributed by atoms with van der Waals surface area (Å²) in [5, 5.41) is 4.27. The number of rotatable bonds is 5. The van der Waals surface area contributed by atoms with Gasteiger partial charge >= 0.3 is 0 Å². The van der Waals surface area contributed by atoms with E-state index in [1.807, 2.05) is 6.92 Å². The summed E-state index contributed by atoms with van der Waals surface area (Å²) in [5.41, 5.74) is 0.784. The van der Waals surface area contributed by atoms with E-state index in [1.54, 1.807) is 27.6 Å². The standard InChI is InChI=1S/C17H27N5O4S/c1-13-11-15(19(2)18-13)21-10-6-7-14(17(21)24)22(27(3,25)26)12-16(23)20-8-4-5-9-20/h11,14H,4-10,12H2,1-3H3/t14-/m1/s1. The molecule has 1 aromatic heterocycles. The average Bonchev–Trinajstić information content (AvgIpc) is 3.22. The lowest BCUT2D eigenvalue weighted by Gasteiger charge is -2.37. The Balaban J connectivity index is 1.84. The lowest BCUT2D eigenvalue weighted by atomic mass is 10.0. The quantitative estimate of drug-likeness (QED) is 0.703. The Morgan fingerprint density at radius 1 is 1.26 bits per heavy atom. The second-order valence-corrected chi connectivity index (χ2v) is 9.25. The molecule has 2 saturated heterocycles. The monoisotopic (exact) mass is 397 g/mol. The lowest BCUT2D eigenvalue weighted by Crippen LogP contribution is -2.56. The Morgan fingerprint density at radius 3 is 2.48 bits per heavy atom. The fourth-order valence-electron chi connectivity index (χ4n) is 3.86. The van der Waals surface area contributed by atoms with E-state index in [0.29, 0.717) is 38.3 Å². The molecule has 1 atom stereocenters. The van der Waals surface area contributed by atoms with Gasteiger partial charge in [0.05, 0.1) is 18.5 Å². The summed E-state index contributed by atoms with van der Waals surface area (Å²) in [6, 6.07) is 0.941. The molecule has 0 radical (unpaired) electrons. The van der Waals surface area contributed by atoms with E-state index in [1.165, 1.54) is 0 Å². The average molecular weight is 398 g/mol. The Kier molecular flexibility index (Phi) is 5.57. The predicted octanol–water partition coefficient (Wildman–Crippen LogP) is 0.108. The summed E-state index contributed by atoms with van der Waals surface area (Å²) in [6.07, 6.45) is 3.99. The molecule has 10 heteroatoms. The first kappa shape index (κ1) is 19.8. The summed E-state index contributed by atoms with van der Waals surface area (Å²) in [5.74, 6) is 0.102. The van der Waals surface area contributed by atoms with Crippen LogP contribution in [0.5, 0.6) is 0 Å². The van der Waals surface area contributed by atoms with E-state index < -0.39 is 16.1 Å². The summed E-state index contributed by atoms with van der Waals surface area (Å²) >= 11 is 0. The summed E-state index contributed by atoms with van der Waals surface area (Å²) in [6.45, 7) is 3.36. The molecule has 0 unspecified atom stereocenters. The molecule has 1 aromatic rings. The van der Waals surface area contributed by atoms with Gasteiger partial charge in [-0.1, -0.05) is 0 Å². The Bertz CT molecular complexity index is 828. The van der Waals surface area contributed by atoms with Crippen LogP contribution >= 0.6 is 0 Å². The first-order valence-corrected chi connectivity index (χ1v) is 11.1. The second kappa shape index (κ2) is 7.59. The van der Waals surface area contributed by atoms with Crippen LogP contribution in [0.3, 0.4) is 0 Å². The van der Waals surface area contributed by atoms with Crippen LogP contribution < -0.4 is 4.90 Å². The molecule has 0 spiro atoms. The highest BCUT2D eigenvalue weighted by Crippen LogP contribution is 2.25. The second-order valence-electron chi connectivity index (χ2n) is 7.31. The van der Waals surface area contributed by atoms with Crippen molar-refractivity contribution in [3.63, 3.8) is 0 Å². The third-order valence-corrected chi connectivity index (χ3v) is 6.42. The van der Waals surface area contributed by atoms with Crippen LogP contribution in [0.25, 0.3) is 0 Å². The van der Waals surface area contributed by atoms with E-state index in [9.17, 15) is 18.0 Å². The van der Waals surface area contributed by atoms with Gasteiger partial charge in [0, 0.05) is 32.7 Å². The molecular weight excluding hydrogens is 370 g/mol. The molecule has 0 aromatic carbocycles. The van der Waals surface area contributed by atoms with Gasteiger partial charge in [0.15, 0.2) is 0 Å². The molecule has 2 aliphatic heterocycles. The Hall–Kier alpha value is -1.94. The van der Waals surface area contributed by atoms with Crippen molar-refractivity contribution in [3.8, 4) is 0 Å². The van der Waals surface area contributed by atoms with E-state index >= 15 is 0 Å². The molecule has 3 rings (SSSR count). The number of piperidine rings is 1. The molecule has 150 valence electrons. The number of hydrogen-bond donors (Lipinski definition) is 0. The molecule has 9 nitrogen and oxygen atoms in total. The van der Waals surface area contributed by atoms with Crippen molar-refractivity contribution in [1.29, 1.82) is 0 Å². The van der Waals surface area contributed by atoms with Gasteiger partial charge in [-0.05, 0) is 32.6 Å². The van der Waals surface area contributed by atoms with Crippen molar-refractivity contribution in [2.24, 2.45) is 7.05 Å². The van der Waals surface area contributed by atoms with Crippen LogP contribution in [0.1, 0.15) is 31.4 Å². The van der Waals surface area contributed by atoms with Crippen molar-refractivity contribution in [2.75, 3.05) is 37.3 Å². The third-order valence-electron chi connectivity index (χ3n) is 5.19. The molecule has 0 saturated carbocycles. The fourth-order valence-corrected chi connectivity index (χ4v) is 4.86. The molecular formula is C17H27N5O4S. The van der Waals surface area contributed by atoms with Gasteiger partial charge in [0.25, 0.3) is 0 Å². The summed E-state index contributed by atoms with van der Waals surface area (Å²) in [7, 11) is -1.96. The highest BCUT2D eigenvalue weighted by Gasteiger charge is 2.40. The van der Waals surface area contributed by atoms with Crippen molar-refractivity contribution in [3.05, 3.63) is 11.8 Å². The molecule has 2 amide bonds. The SMILES string of the molecule is Cc1cc(N2CCC[C@@H](N(CC(=O)N3CCCC3)S(C)(=O)=O)C2=O)n(C)n1. The van der Waals surface area contributed by atoms with E-state index in [4.69, 9.17) is 0 Å². The molecule has 0 aliphatic carbocycles. The molecule has 3 heterocycles. The number of carbonyl (C=O) groups excluding carboxylic acids is 2. The topological polar surface area (TPSA) is 95.8 Å². The number of likely N-dealkylation sites (tertiary alicyclic amines) is 1. The van der Waals surface area contributed by atoms with Gasteiger partial charge in [0.2, 0.25) is 21.8 Å². The minimum absolute atomic E-state index is 0.237. The van der Waals surface area contributed by atoms with Gasteiger partial charge in [-0.25, -0.2) is 8.42 Å². The van der Waals surface area contributed by atoms with Crippen molar-refractivity contribution in [2.45, 2.75) is 38.6 Å². The first-order chi connectivity index (χ1) is 12.7. The van der Waals surface area contributed by atoms with Crippen LogP contribution in [0.4, 0.5) is 5.82 Å². The zero-order chi connectivity index (χ0) is 19.8. The smallest absolute Gasteiger partial charge is 0.246 e. The van der Waals surface area contributed by atoms with Gasteiger partial charge < -0.3 is 4.90 Å². The number of aromatic nitrogens is 2. The largest absolute Gasteiger partial charge is 0.342 e. The molecule has 27 heavy (non-hydrogen) atoms. The maximum absolute atomic E-state index is 13.1. The zero-order valence-electron chi connectivity index (χ0n) is 16.1. The molecule has 2 aliphatic rings. The van der Waals surface area contributed by atoms with E-state index in [2.05, 4.69) is 5.10 Å². The molecule has 0 N–H and O–H groups in total. The zero-order valence-corrected chi connectivity index (χ0v) is 16.9. The lowest BCUT2D eigenvalue weighted by molar-refractivity contribution is -0.131. The Morgan fingerprint density at radius 2 is 1.93 bits per heavy atom. The van der Waals surface area contributed by atoms with Crippen LogP contribution in [0, 0.1) is 6.92 Å². The third kappa shape index (κ3) is 4.16. The Labute approximate surface area is 159 Å². The van der Waals surface area contributed by atoms with Crippen LogP contribution in [0.15, 0.2) is 6.07 Å². The highest BCUT2D eigenvalue weighted by atomic mass is 32.2. The van der Waals surface area contributed by atoms with E-state index in [0.717, 1.165) is 29.1 Å². The van der Waals surface area contributed by atoms with Crippen LogP contribution in [-0.4, -0.2) is 77.7 Å². The predicted molar refractivity (Wildman–Crippen MR) is 101 cm³/mol. The number of hydrogen-bond acceptors (Lipinski definition) is 5. The summed E-state index contributed by atoms with van der Waals surface area (Å²) < 4.78 is 27.5. The fraction of sp³-hybridized carbons (Fsp3) is 0.706. The first-order valence-electron chi connectivity index (χ1n) is 9.25. The highest BCUT2D eigenvalue weighted by molar-refractivity contribution is 7.88. The minimum atomic E-state index is -3.72. The van der Waals surface area contributed by atoms with Gasteiger partial charge in [-0.3, -0.25) is 19.2 Å². The van der Waals surface area contributed by atoms with Gasteiger partial charge in [0.1, 0.15) is 11.9 Å². The number of nitrogens with zero attached hydrogens (tertiary/aromatic N) is 5. The van der Waals surface area contributed by atoms with Crippen molar-refractivity contribution in [1.82, 2.24) is 19.0 Å². The summed E-state index contributed by atoms with van der Waals surface area (Å²) in [4.78, 5) is 28.9. The maximum atomic E-state index is 13.1. The molecule has 0 bridgehead atoms. The van der Waals surface area contributed by atoms with Gasteiger partial charge in [-0.15, -0.1) is 0 Å². The number of carbonyl (C=O) groups is 2. The van der Waals surface area contributed by atoms with Crippen molar-refractivity contribution < 1.29 is 18.0 Å². The number of anilines is 1. The van der Waals surface area contributed by atoms with E-state index in [-0.39, 0.29) is 18.4 Å². The minimum Gasteiger partial charge on any atom is -0.342 e. The molecule has 2 fully saturated rings. The normalized spacial score (nSPS) is 21.3. The van der Waals surface area contributed by atoms with Crippen LogP contribution in [0.2, 0.25) is 0 Å². The van der Waals surface area contributed by atoms with Crippen LogP contribution in [-0.2, 0) is 26.7 Å². The van der Waals surface area contributed by atoms with Crippen molar-refractivity contribution >= 4 is 27.7 Å². The maximum Gasteiger partial charge on any atom is 0.246 e. The number of amides is 2. The number of sulfonamides is 1. The number of aryl methyl sites for hydroxylation is 2. The van der Waals surface area contributed by atoms with Gasteiger partial charge in [-0.2, -0.15) is 9.40 Å².